The van der Waals surface area contributed by atoms with Gasteiger partial charge in [0, 0.05) is 0 Å². The monoisotopic (exact) mass is 280 g/mol. The van der Waals surface area contributed by atoms with Crippen molar-refractivity contribution in [3.63, 3.8) is 0 Å². The van der Waals surface area contributed by atoms with E-state index in [0.717, 1.165) is 12.8 Å². The summed E-state index contributed by atoms with van der Waals surface area (Å²) in [7, 11) is 0. The molecular formula is C18H32O2. The van der Waals surface area contributed by atoms with E-state index in [9.17, 15) is 4.79 Å². The minimum atomic E-state index is -0.185. The van der Waals surface area contributed by atoms with Crippen LogP contribution in [0, 0.1) is 28.6 Å². The van der Waals surface area contributed by atoms with Crippen LogP contribution < -0.4 is 0 Å². The summed E-state index contributed by atoms with van der Waals surface area (Å²) < 4.78 is 6.02. The Balaban J connectivity index is 2.03. The molecule has 2 heteroatoms. The Morgan fingerprint density at radius 3 is 2.05 bits per heavy atom. The summed E-state index contributed by atoms with van der Waals surface area (Å²) in [6.45, 7) is 13.3. The second-order valence-electron chi connectivity index (χ2n) is 8.75. The van der Waals surface area contributed by atoms with Gasteiger partial charge in [0.1, 0.15) is 6.10 Å². The molecular weight excluding hydrogens is 248 g/mol. The number of carbonyl (C=O) groups is 1. The average Bonchev–Trinajstić information content (AvgIpc) is 2.93. The Labute approximate surface area is 124 Å². The minimum absolute atomic E-state index is 0.0884. The second-order valence-corrected chi connectivity index (χ2v) is 8.75. The van der Waals surface area contributed by atoms with Gasteiger partial charge in [-0.25, -0.2) is 0 Å². The van der Waals surface area contributed by atoms with Gasteiger partial charge in [-0.15, -0.1) is 0 Å². The summed E-state index contributed by atoms with van der Waals surface area (Å²) in [5, 5.41) is 0. The van der Waals surface area contributed by atoms with Crippen molar-refractivity contribution in [3.05, 3.63) is 0 Å². The molecule has 4 atom stereocenters. The van der Waals surface area contributed by atoms with E-state index in [-0.39, 0.29) is 22.9 Å². The van der Waals surface area contributed by atoms with E-state index >= 15 is 0 Å². The zero-order valence-corrected chi connectivity index (χ0v) is 14.2. The Hall–Kier alpha value is -0.530. The molecule has 0 saturated heterocycles. The van der Waals surface area contributed by atoms with Crippen molar-refractivity contribution in [3.8, 4) is 0 Å². The first-order valence-electron chi connectivity index (χ1n) is 8.37. The first kappa shape index (κ1) is 15.9. The smallest absolute Gasteiger partial charge is 0.312 e. The molecule has 0 aromatic rings. The molecule has 2 saturated carbocycles. The zero-order chi connectivity index (χ0) is 15.1. The van der Waals surface area contributed by atoms with Gasteiger partial charge in [0.15, 0.2) is 0 Å². The third-order valence-corrected chi connectivity index (χ3v) is 5.39. The van der Waals surface area contributed by atoms with Gasteiger partial charge in [0.25, 0.3) is 0 Å². The molecule has 0 aromatic heterocycles. The number of hydrogen-bond donors (Lipinski definition) is 0. The molecule has 2 aliphatic carbocycles. The predicted octanol–water partition coefficient (Wildman–Crippen LogP) is 4.82. The van der Waals surface area contributed by atoms with Gasteiger partial charge < -0.3 is 4.74 Å². The highest BCUT2D eigenvalue weighted by Gasteiger charge is 2.60. The first-order valence-corrected chi connectivity index (χ1v) is 8.37. The van der Waals surface area contributed by atoms with Gasteiger partial charge in [0.2, 0.25) is 0 Å². The van der Waals surface area contributed by atoms with E-state index in [0.29, 0.717) is 17.8 Å². The van der Waals surface area contributed by atoms with Crippen molar-refractivity contribution < 1.29 is 9.53 Å². The largest absolute Gasteiger partial charge is 0.461 e. The summed E-state index contributed by atoms with van der Waals surface area (Å²) in [4.78, 5) is 12.8. The Morgan fingerprint density at radius 2 is 1.65 bits per heavy atom. The van der Waals surface area contributed by atoms with Crippen LogP contribution in [0.5, 0.6) is 0 Å². The molecule has 2 rings (SSSR count). The van der Waals surface area contributed by atoms with Crippen molar-refractivity contribution in [1.29, 1.82) is 0 Å². The van der Waals surface area contributed by atoms with Gasteiger partial charge in [-0.05, 0) is 48.9 Å². The molecule has 4 unspecified atom stereocenters. The molecule has 2 fully saturated rings. The van der Waals surface area contributed by atoms with Crippen molar-refractivity contribution in [2.24, 2.45) is 28.6 Å². The summed E-state index contributed by atoms with van der Waals surface area (Å²) in [6, 6.07) is 0. The molecule has 0 aliphatic heterocycles. The standard InChI is InChI=1S/C18H32O2/c1-12-8-7-9-13(2)15(12)20-16(19)18(10-14(18)3)11-17(4,5)6/h12-15H,7-11H2,1-6H3. The number of carbonyl (C=O) groups excluding carboxylic acids is 1. The lowest BCUT2D eigenvalue weighted by Gasteiger charge is -2.36. The summed E-state index contributed by atoms with van der Waals surface area (Å²) in [5.74, 6) is 1.61. The van der Waals surface area contributed by atoms with Gasteiger partial charge in [-0.3, -0.25) is 4.79 Å². The highest BCUT2D eigenvalue weighted by atomic mass is 16.5. The molecule has 2 nitrogen and oxygen atoms in total. The van der Waals surface area contributed by atoms with Crippen LogP contribution in [0.3, 0.4) is 0 Å². The van der Waals surface area contributed by atoms with E-state index in [1.54, 1.807) is 0 Å². The lowest BCUT2D eigenvalue weighted by Crippen LogP contribution is -2.38. The normalized spacial score (nSPS) is 41.3. The molecule has 0 bridgehead atoms. The Kier molecular flexibility index (Phi) is 4.24. The van der Waals surface area contributed by atoms with Crippen molar-refractivity contribution in [1.82, 2.24) is 0 Å². The molecule has 0 aromatic carbocycles. The molecule has 0 amide bonds. The van der Waals surface area contributed by atoms with Crippen molar-refractivity contribution >= 4 is 5.97 Å². The van der Waals surface area contributed by atoms with E-state index in [1.807, 2.05) is 0 Å². The van der Waals surface area contributed by atoms with Gasteiger partial charge in [-0.2, -0.15) is 0 Å². The van der Waals surface area contributed by atoms with Crippen LogP contribution in [0.2, 0.25) is 0 Å². The minimum Gasteiger partial charge on any atom is -0.461 e. The Bertz CT molecular complexity index is 358. The zero-order valence-electron chi connectivity index (χ0n) is 14.2. The molecule has 2 aliphatic rings. The fourth-order valence-electron chi connectivity index (χ4n) is 4.16. The maximum absolute atomic E-state index is 12.8. The third kappa shape index (κ3) is 3.20. The van der Waals surface area contributed by atoms with Crippen LogP contribution in [0.4, 0.5) is 0 Å². The fourth-order valence-corrected chi connectivity index (χ4v) is 4.16. The van der Waals surface area contributed by atoms with E-state index in [4.69, 9.17) is 4.74 Å². The SMILES string of the molecule is CC1CCCC(C)C1OC(=O)C1(CC(C)(C)C)CC1C. The third-order valence-electron chi connectivity index (χ3n) is 5.39. The topological polar surface area (TPSA) is 26.3 Å². The molecule has 0 spiro atoms. The molecule has 20 heavy (non-hydrogen) atoms. The molecule has 0 heterocycles. The van der Waals surface area contributed by atoms with Crippen LogP contribution in [0.25, 0.3) is 0 Å². The quantitative estimate of drug-likeness (QED) is 0.693. The fraction of sp³-hybridized carbons (Fsp3) is 0.944. The van der Waals surface area contributed by atoms with Crippen molar-refractivity contribution in [2.75, 3.05) is 0 Å². The maximum Gasteiger partial charge on any atom is 0.312 e. The van der Waals surface area contributed by atoms with Gasteiger partial charge >= 0.3 is 5.97 Å². The van der Waals surface area contributed by atoms with E-state index in [1.165, 1.54) is 19.3 Å². The predicted molar refractivity (Wildman–Crippen MR) is 82.3 cm³/mol. The Morgan fingerprint density at radius 1 is 1.15 bits per heavy atom. The summed E-state index contributed by atoms with van der Waals surface area (Å²) in [5.41, 5.74) is 0.00269. The van der Waals surface area contributed by atoms with Gasteiger partial charge in [0.05, 0.1) is 5.41 Å². The highest BCUT2D eigenvalue weighted by Crippen LogP contribution is 2.59. The van der Waals surface area contributed by atoms with E-state index < -0.39 is 0 Å². The summed E-state index contributed by atoms with van der Waals surface area (Å²) >= 11 is 0. The van der Waals surface area contributed by atoms with Crippen LogP contribution >= 0.6 is 0 Å². The maximum atomic E-state index is 12.8. The number of rotatable bonds is 3. The molecule has 116 valence electrons. The lowest BCUT2D eigenvalue weighted by molar-refractivity contribution is -0.165. The number of esters is 1. The van der Waals surface area contributed by atoms with Crippen LogP contribution in [0.15, 0.2) is 0 Å². The molecule has 0 radical (unpaired) electrons. The average molecular weight is 280 g/mol. The van der Waals surface area contributed by atoms with Crippen LogP contribution in [-0.4, -0.2) is 12.1 Å². The second kappa shape index (κ2) is 5.35. The number of ether oxygens (including phenoxy) is 1. The van der Waals surface area contributed by atoms with Crippen LogP contribution in [0.1, 0.15) is 73.6 Å². The number of hydrogen-bond acceptors (Lipinski definition) is 2. The van der Waals surface area contributed by atoms with Gasteiger partial charge in [-0.1, -0.05) is 48.0 Å². The lowest BCUT2D eigenvalue weighted by atomic mass is 9.79. The molecule has 0 N–H and O–H groups in total. The van der Waals surface area contributed by atoms with Crippen molar-refractivity contribution in [2.45, 2.75) is 79.8 Å². The summed E-state index contributed by atoms with van der Waals surface area (Å²) in [6.07, 6.45) is 5.78. The first-order chi connectivity index (χ1) is 9.16. The van der Waals surface area contributed by atoms with Crippen LogP contribution in [-0.2, 0) is 9.53 Å². The van der Waals surface area contributed by atoms with E-state index in [2.05, 4.69) is 41.5 Å². The highest BCUT2D eigenvalue weighted by molar-refractivity contribution is 5.80.